The molecule has 0 radical (unpaired) electrons. The number of carbonyl (C=O) groups excluding carboxylic acids is 2. The fourth-order valence-corrected chi connectivity index (χ4v) is 3.48. The molecule has 9 nitrogen and oxygen atoms in total. The maximum Gasteiger partial charge on any atom is 0.339 e. The van der Waals surface area contributed by atoms with E-state index in [9.17, 15) is 19.5 Å². The van der Waals surface area contributed by atoms with Crippen LogP contribution in [-0.2, 0) is 22.7 Å². The molecule has 0 bridgehead atoms. The van der Waals surface area contributed by atoms with E-state index in [-0.39, 0.29) is 29.9 Å². The van der Waals surface area contributed by atoms with E-state index in [0.717, 1.165) is 5.56 Å². The number of hydrogen-bond donors (Lipinski definition) is 2. The average Bonchev–Trinajstić information content (AvgIpc) is 3.21. The Hall–Kier alpha value is -4.24. The molecule has 4 rings (SSSR count). The monoisotopic (exact) mass is 432 g/mol. The molecule has 0 saturated heterocycles. The summed E-state index contributed by atoms with van der Waals surface area (Å²) in [6.45, 7) is -0.673. The number of para-hydroxylation sites is 1. The Bertz CT molecular complexity index is 1360. The molecule has 4 aromatic rings. The van der Waals surface area contributed by atoms with Crippen LogP contribution in [0, 0.1) is 0 Å². The van der Waals surface area contributed by atoms with Crippen molar-refractivity contribution in [2.75, 3.05) is 12.4 Å². The molecule has 0 spiro atoms. The van der Waals surface area contributed by atoms with Gasteiger partial charge in [-0.15, -0.1) is 0 Å². The minimum absolute atomic E-state index is 0.191. The highest BCUT2D eigenvalue weighted by Gasteiger charge is 2.19. The van der Waals surface area contributed by atoms with Crippen LogP contribution >= 0.6 is 0 Å². The topological polar surface area (TPSA) is 115 Å². The number of nitrogens with one attached hydrogen (secondary N) is 1. The number of benzene rings is 2. The third-order valence-electron chi connectivity index (χ3n) is 4.99. The van der Waals surface area contributed by atoms with Gasteiger partial charge >= 0.3 is 5.97 Å². The van der Waals surface area contributed by atoms with Crippen LogP contribution in [0.4, 0.5) is 5.69 Å². The first-order valence-corrected chi connectivity index (χ1v) is 9.77. The molecule has 0 unspecified atom stereocenters. The lowest BCUT2D eigenvalue weighted by Crippen LogP contribution is -2.29. The third-order valence-corrected chi connectivity index (χ3v) is 4.99. The van der Waals surface area contributed by atoms with Gasteiger partial charge < -0.3 is 19.7 Å². The van der Waals surface area contributed by atoms with Crippen molar-refractivity contribution in [1.29, 1.82) is 0 Å². The van der Waals surface area contributed by atoms with E-state index in [1.165, 1.54) is 28.5 Å². The summed E-state index contributed by atoms with van der Waals surface area (Å²) in [6.07, 6.45) is 3.00. The largest absolute Gasteiger partial charge is 0.465 e. The number of carbonyl (C=O) groups is 2. The average molecular weight is 432 g/mol. The quantitative estimate of drug-likeness (QED) is 0.451. The van der Waals surface area contributed by atoms with Crippen LogP contribution in [0.15, 0.2) is 71.8 Å². The summed E-state index contributed by atoms with van der Waals surface area (Å²) >= 11 is 0. The molecule has 0 fully saturated rings. The molecule has 2 heterocycles. The van der Waals surface area contributed by atoms with Crippen LogP contribution in [0.25, 0.3) is 16.8 Å². The van der Waals surface area contributed by atoms with E-state index in [4.69, 9.17) is 4.74 Å². The van der Waals surface area contributed by atoms with Crippen molar-refractivity contribution >= 4 is 23.1 Å². The lowest BCUT2D eigenvalue weighted by molar-refractivity contribution is -0.116. The molecule has 0 aliphatic heterocycles. The van der Waals surface area contributed by atoms with Gasteiger partial charge in [-0.1, -0.05) is 42.5 Å². The van der Waals surface area contributed by atoms with Crippen LogP contribution in [0.5, 0.6) is 0 Å². The minimum atomic E-state index is -0.584. The van der Waals surface area contributed by atoms with Crippen molar-refractivity contribution in [3.05, 3.63) is 88.5 Å². The number of methoxy groups -OCH3 is 1. The second kappa shape index (κ2) is 8.86. The Morgan fingerprint density at radius 1 is 1.06 bits per heavy atom. The Morgan fingerprint density at radius 3 is 2.50 bits per heavy atom. The molecule has 0 aliphatic rings. The van der Waals surface area contributed by atoms with Gasteiger partial charge in [0.2, 0.25) is 5.91 Å². The predicted molar refractivity (Wildman–Crippen MR) is 117 cm³/mol. The summed E-state index contributed by atoms with van der Waals surface area (Å²) in [6, 6.07) is 15.7. The van der Waals surface area contributed by atoms with Crippen LogP contribution in [0.1, 0.15) is 15.9 Å². The summed E-state index contributed by atoms with van der Waals surface area (Å²) < 4.78 is 7.35. The predicted octanol–water partition coefficient (Wildman–Crippen LogP) is 2.08. The van der Waals surface area contributed by atoms with Crippen molar-refractivity contribution in [3.63, 3.8) is 0 Å². The first kappa shape index (κ1) is 21.0. The van der Waals surface area contributed by atoms with Crippen LogP contribution in [0.3, 0.4) is 0 Å². The molecule has 2 aromatic carbocycles. The lowest BCUT2D eigenvalue weighted by atomic mass is 10.1. The van der Waals surface area contributed by atoms with Crippen LogP contribution in [-0.4, -0.2) is 38.3 Å². The molecule has 1 amide bonds. The van der Waals surface area contributed by atoms with Gasteiger partial charge in [0.1, 0.15) is 12.1 Å². The highest BCUT2D eigenvalue weighted by atomic mass is 16.5. The van der Waals surface area contributed by atoms with Crippen molar-refractivity contribution in [1.82, 2.24) is 14.2 Å². The SMILES string of the molecule is COC(=O)c1ccccc1NC(=O)Cn1ccn2nc(-c3ccccc3)c(CO)c2c1=O. The fraction of sp³-hybridized carbons (Fsp3) is 0.130. The van der Waals surface area contributed by atoms with Gasteiger partial charge in [-0.3, -0.25) is 9.59 Å². The molecular weight excluding hydrogens is 412 g/mol. The maximum absolute atomic E-state index is 13.1. The molecule has 9 heteroatoms. The number of aromatic nitrogens is 3. The van der Waals surface area contributed by atoms with Crippen molar-refractivity contribution in [3.8, 4) is 11.3 Å². The van der Waals surface area contributed by atoms with Crippen LogP contribution in [0.2, 0.25) is 0 Å². The van der Waals surface area contributed by atoms with E-state index >= 15 is 0 Å². The molecule has 2 aromatic heterocycles. The Labute approximate surface area is 182 Å². The van der Waals surface area contributed by atoms with Gasteiger partial charge in [-0.25, -0.2) is 9.31 Å². The molecular formula is C23H20N4O5. The number of esters is 1. The molecule has 0 aliphatic carbocycles. The van der Waals surface area contributed by atoms with E-state index in [2.05, 4.69) is 10.4 Å². The molecule has 162 valence electrons. The number of rotatable bonds is 6. The zero-order chi connectivity index (χ0) is 22.7. The van der Waals surface area contributed by atoms with Gasteiger partial charge in [0, 0.05) is 23.5 Å². The highest BCUT2D eigenvalue weighted by Crippen LogP contribution is 2.24. The number of amides is 1. The van der Waals surface area contributed by atoms with Crippen molar-refractivity contribution in [2.45, 2.75) is 13.2 Å². The number of aliphatic hydroxyl groups is 1. The number of anilines is 1. The fourth-order valence-electron chi connectivity index (χ4n) is 3.48. The molecule has 0 saturated carbocycles. The van der Waals surface area contributed by atoms with Gasteiger partial charge in [0.25, 0.3) is 5.56 Å². The van der Waals surface area contributed by atoms with Gasteiger partial charge in [0.15, 0.2) is 0 Å². The summed E-state index contributed by atoms with van der Waals surface area (Å²) in [5.74, 6) is -1.08. The number of hydrogen-bond acceptors (Lipinski definition) is 6. The first-order chi connectivity index (χ1) is 15.5. The van der Waals surface area contributed by atoms with Gasteiger partial charge in [-0.2, -0.15) is 5.10 Å². The second-order valence-electron chi connectivity index (χ2n) is 6.96. The molecule has 0 atom stereocenters. The van der Waals surface area contributed by atoms with Crippen molar-refractivity contribution < 1.29 is 19.4 Å². The summed E-state index contributed by atoms with van der Waals surface area (Å²) in [5, 5.41) is 17.0. The van der Waals surface area contributed by atoms with E-state index < -0.39 is 17.4 Å². The summed E-state index contributed by atoms with van der Waals surface area (Å²) in [4.78, 5) is 37.6. The Balaban J connectivity index is 1.66. The Morgan fingerprint density at radius 2 is 1.78 bits per heavy atom. The Kier molecular flexibility index (Phi) is 5.82. The summed E-state index contributed by atoms with van der Waals surface area (Å²) in [7, 11) is 1.25. The maximum atomic E-state index is 13.1. The van der Waals surface area contributed by atoms with Gasteiger partial charge in [0.05, 0.1) is 30.7 Å². The van der Waals surface area contributed by atoms with Crippen LogP contribution < -0.4 is 10.9 Å². The first-order valence-electron chi connectivity index (χ1n) is 9.77. The highest BCUT2D eigenvalue weighted by molar-refractivity contribution is 6.01. The van der Waals surface area contributed by atoms with E-state index in [1.807, 2.05) is 30.3 Å². The molecule has 2 N–H and O–H groups in total. The smallest absolute Gasteiger partial charge is 0.339 e. The third kappa shape index (κ3) is 3.88. The normalized spacial score (nSPS) is 10.8. The zero-order valence-corrected chi connectivity index (χ0v) is 17.2. The number of nitrogens with zero attached hydrogens (tertiary/aromatic N) is 3. The lowest BCUT2D eigenvalue weighted by Gasteiger charge is -2.11. The number of ether oxygens (including phenoxy) is 1. The molecule has 32 heavy (non-hydrogen) atoms. The summed E-state index contributed by atoms with van der Waals surface area (Å²) in [5.41, 5.74) is 1.86. The number of aliphatic hydroxyl groups excluding tert-OH is 1. The van der Waals surface area contributed by atoms with E-state index in [1.54, 1.807) is 24.4 Å². The second-order valence-corrected chi connectivity index (χ2v) is 6.96. The number of fused-ring (bicyclic) bond motifs is 1. The standard InChI is InChI=1S/C23H20N4O5/c1-32-23(31)16-9-5-6-10-18(16)24-19(29)13-26-11-12-27-21(22(26)30)17(14-28)20(25-27)15-7-3-2-4-8-15/h2-12,28H,13-14H2,1H3,(H,24,29). The van der Waals surface area contributed by atoms with E-state index in [0.29, 0.717) is 11.3 Å². The van der Waals surface area contributed by atoms with Crippen molar-refractivity contribution in [2.24, 2.45) is 0 Å². The zero-order valence-electron chi connectivity index (χ0n) is 17.2. The van der Waals surface area contributed by atoms with Gasteiger partial charge in [-0.05, 0) is 12.1 Å². The minimum Gasteiger partial charge on any atom is -0.465 e.